The number of rotatable bonds is 4. The molecule has 1 aliphatic heterocycles. The van der Waals surface area contributed by atoms with Gasteiger partial charge in [0.25, 0.3) is 5.91 Å². The molecule has 116 valence electrons. The van der Waals surface area contributed by atoms with Gasteiger partial charge in [0, 0.05) is 30.0 Å². The molecule has 0 bridgehead atoms. The highest BCUT2D eigenvalue weighted by atomic mass is 16.1. The van der Waals surface area contributed by atoms with Gasteiger partial charge in [0.15, 0.2) is 0 Å². The van der Waals surface area contributed by atoms with Gasteiger partial charge in [0.2, 0.25) is 0 Å². The summed E-state index contributed by atoms with van der Waals surface area (Å²) in [5.41, 5.74) is 3.27. The molecular weight excluding hydrogens is 286 g/mol. The quantitative estimate of drug-likeness (QED) is 0.939. The van der Waals surface area contributed by atoms with Gasteiger partial charge in [0.05, 0.1) is 12.5 Å². The molecular formula is C19H19N3O. The molecule has 3 rings (SSSR count). The van der Waals surface area contributed by atoms with Crippen LogP contribution in [0.1, 0.15) is 28.8 Å². The SMILES string of the molecule is N#CCc1ccccc1C(=O)Nc1ccc(N2CCCC2)cc1. The lowest BCUT2D eigenvalue weighted by Gasteiger charge is -2.18. The third-order valence-corrected chi connectivity index (χ3v) is 4.13. The number of hydrogen-bond donors (Lipinski definition) is 1. The largest absolute Gasteiger partial charge is 0.372 e. The Morgan fingerprint density at radius 2 is 1.78 bits per heavy atom. The predicted molar refractivity (Wildman–Crippen MR) is 91.6 cm³/mol. The van der Waals surface area contributed by atoms with Crippen molar-refractivity contribution in [2.45, 2.75) is 19.3 Å². The van der Waals surface area contributed by atoms with Crippen LogP contribution in [0, 0.1) is 11.3 Å². The van der Waals surface area contributed by atoms with Crippen LogP contribution in [0.2, 0.25) is 0 Å². The predicted octanol–water partition coefficient (Wildman–Crippen LogP) is 3.61. The van der Waals surface area contributed by atoms with E-state index in [4.69, 9.17) is 5.26 Å². The Hall–Kier alpha value is -2.80. The van der Waals surface area contributed by atoms with Crippen LogP contribution in [0.25, 0.3) is 0 Å². The van der Waals surface area contributed by atoms with Crippen molar-refractivity contribution in [1.29, 1.82) is 5.26 Å². The Bertz CT molecular complexity index is 725. The average Bonchev–Trinajstić information content (AvgIpc) is 3.11. The maximum absolute atomic E-state index is 12.4. The van der Waals surface area contributed by atoms with Crippen LogP contribution < -0.4 is 10.2 Å². The Labute approximate surface area is 136 Å². The van der Waals surface area contributed by atoms with Crippen LogP contribution >= 0.6 is 0 Å². The summed E-state index contributed by atoms with van der Waals surface area (Å²) in [7, 11) is 0. The number of hydrogen-bond acceptors (Lipinski definition) is 3. The van der Waals surface area contributed by atoms with Gasteiger partial charge >= 0.3 is 0 Å². The topological polar surface area (TPSA) is 56.1 Å². The summed E-state index contributed by atoms with van der Waals surface area (Å²) >= 11 is 0. The molecule has 1 saturated heterocycles. The van der Waals surface area contributed by atoms with Crippen molar-refractivity contribution in [3.63, 3.8) is 0 Å². The van der Waals surface area contributed by atoms with Crippen LogP contribution in [0.3, 0.4) is 0 Å². The van der Waals surface area contributed by atoms with Crippen LogP contribution in [0.4, 0.5) is 11.4 Å². The third kappa shape index (κ3) is 3.51. The Kier molecular flexibility index (Phi) is 4.58. The van der Waals surface area contributed by atoms with E-state index in [1.807, 2.05) is 42.5 Å². The van der Waals surface area contributed by atoms with E-state index >= 15 is 0 Å². The Morgan fingerprint density at radius 3 is 2.48 bits per heavy atom. The summed E-state index contributed by atoms with van der Waals surface area (Å²) in [4.78, 5) is 14.8. The number of carbonyl (C=O) groups excluding carboxylic acids is 1. The highest BCUT2D eigenvalue weighted by Gasteiger charge is 2.13. The van der Waals surface area contributed by atoms with Crippen molar-refractivity contribution >= 4 is 17.3 Å². The smallest absolute Gasteiger partial charge is 0.255 e. The molecule has 4 heteroatoms. The molecule has 0 atom stereocenters. The first-order valence-corrected chi connectivity index (χ1v) is 7.89. The lowest BCUT2D eigenvalue weighted by molar-refractivity contribution is 0.102. The van der Waals surface area contributed by atoms with Crippen molar-refractivity contribution in [3.8, 4) is 6.07 Å². The van der Waals surface area contributed by atoms with Gasteiger partial charge in [-0.15, -0.1) is 0 Å². The van der Waals surface area contributed by atoms with Crippen LogP contribution in [0.5, 0.6) is 0 Å². The monoisotopic (exact) mass is 305 g/mol. The summed E-state index contributed by atoms with van der Waals surface area (Å²) in [5, 5.41) is 11.8. The van der Waals surface area contributed by atoms with E-state index in [-0.39, 0.29) is 12.3 Å². The number of nitriles is 1. The number of nitrogens with one attached hydrogen (secondary N) is 1. The van der Waals surface area contributed by atoms with E-state index in [9.17, 15) is 4.79 Å². The van der Waals surface area contributed by atoms with Crippen molar-refractivity contribution in [3.05, 3.63) is 59.7 Å². The first-order chi connectivity index (χ1) is 11.3. The highest BCUT2D eigenvalue weighted by molar-refractivity contribution is 6.05. The fourth-order valence-electron chi connectivity index (χ4n) is 2.91. The molecule has 0 saturated carbocycles. The van der Waals surface area contributed by atoms with E-state index in [1.165, 1.54) is 18.5 Å². The summed E-state index contributed by atoms with van der Waals surface area (Å²) in [6.45, 7) is 2.21. The fraction of sp³-hybridized carbons (Fsp3) is 0.263. The number of amides is 1. The molecule has 4 nitrogen and oxygen atoms in total. The molecule has 1 fully saturated rings. The summed E-state index contributed by atoms with van der Waals surface area (Å²) in [6, 6.07) is 17.3. The zero-order chi connectivity index (χ0) is 16.1. The maximum atomic E-state index is 12.4. The molecule has 2 aromatic carbocycles. The molecule has 0 spiro atoms. The van der Waals surface area contributed by atoms with Gasteiger partial charge in [-0.2, -0.15) is 5.26 Å². The second-order valence-corrected chi connectivity index (χ2v) is 5.69. The van der Waals surface area contributed by atoms with Gasteiger partial charge < -0.3 is 10.2 Å². The third-order valence-electron chi connectivity index (χ3n) is 4.13. The van der Waals surface area contributed by atoms with Gasteiger partial charge in [-0.25, -0.2) is 0 Å². The molecule has 1 heterocycles. The van der Waals surface area contributed by atoms with Crippen LogP contribution in [-0.4, -0.2) is 19.0 Å². The maximum Gasteiger partial charge on any atom is 0.255 e. The van der Waals surface area contributed by atoms with Crippen molar-refractivity contribution in [2.75, 3.05) is 23.3 Å². The minimum Gasteiger partial charge on any atom is -0.372 e. The van der Waals surface area contributed by atoms with E-state index in [2.05, 4.69) is 16.3 Å². The van der Waals surface area contributed by atoms with Gasteiger partial charge in [-0.3, -0.25) is 4.79 Å². The number of benzene rings is 2. The summed E-state index contributed by atoms with van der Waals surface area (Å²) < 4.78 is 0. The zero-order valence-corrected chi connectivity index (χ0v) is 13.0. The average molecular weight is 305 g/mol. The number of carbonyl (C=O) groups is 1. The second-order valence-electron chi connectivity index (χ2n) is 5.69. The molecule has 1 aliphatic rings. The molecule has 1 amide bonds. The molecule has 1 N–H and O–H groups in total. The second kappa shape index (κ2) is 6.97. The van der Waals surface area contributed by atoms with Crippen LogP contribution in [-0.2, 0) is 6.42 Å². The summed E-state index contributed by atoms with van der Waals surface area (Å²) in [5.74, 6) is -0.176. The molecule has 0 aliphatic carbocycles. The molecule has 0 radical (unpaired) electrons. The van der Waals surface area contributed by atoms with Crippen molar-refractivity contribution < 1.29 is 4.79 Å². The highest BCUT2D eigenvalue weighted by Crippen LogP contribution is 2.22. The van der Waals surface area contributed by atoms with Gasteiger partial charge in [0.1, 0.15) is 0 Å². The minimum absolute atomic E-state index is 0.176. The van der Waals surface area contributed by atoms with E-state index < -0.39 is 0 Å². The lowest BCUT2D eigenvalue weighted by atomic mass is 10.0. The fourth-order valence-corrected chi connectivity index (χ4v) is 2.91. The van der Waals surface area contributed by atoms with Crippen molar-refractivity contribution in [1.82, 2.24) is 0 Å². The van der Waals surface area contributed by atoms with E-state index in [0.29, 0.717) is 5.56 Å². The minimum atomic E-state index is -0.176. The van der Waals surface area contributed by atoms with Crippen molar-refractivity contribution in [2.24, 2.45) is 0 Å². The normalized spacial score (nSPS) is 13.6. The van der Waals surface area contributed by atoms with Gasteiger partial charge in [-0.1, -0.05) is 18.2 Å². The first kappa shape index (κ1) is 15.1. The Morgan fingerprint density at radius 1 is 1.09 bits per heavy atom. The van der Waals surface area contributed by atoms with E-state index in [1.54, 1.807) is 6.07 Å². The molecule has 0 aromatic heterocycles. The van der Waals surface area contributed by atoms with Gasteiger partial charge in [-0.05, 0) is 48.7 Å². The Balaban J connectivity index is 1.72. The molecule has 23 heavy (non-hydrogen) atoms. The number of nitrogens with zero attached hydrogens (tertiary/aromatic N) is 2. The standard InChI is InChI=1S/C19H19N3O/c20-12-11-15-5-1-2-6-18(15)19(23)21-16-7-9-17(10-8-16)22-13-3-4-14-22/h1-2,5-10H,3-4,11,13-14H2,(H,21,23). The lowest BCUT2D eigenvalue weighted by Crippen LogP contribution is -2.17. The zero-order valence-electron chi connectivity index (χ0n) is 13.0. The van der Waals surface area contributed by atoms with Crippen LogP contribution in [0.15, 0.2) is 48.5 Å². The summed E-state index contributed by atoms with van der Waals surface area (Å²) in [6.07, 6.45) is 2.72. The molecule has 0 unspecified atom stereocenters. The first-order valence-electron chi connectivity index (χ1n) is 7.89. The van der Waals surface area contributed by atoms with E-state index in [0.717, 1.165) is 24.3 Å². The number of anilines is 2. The molecule has 2 aromatic rings.